The van der Waals surface area contributed by atoms with Crippen molar-refractivity contribution in [2.24, 2.45) is 0 Å². The first-order valence-corrected chi connectivity index (χ1v) is 6.34. The van der Waals surface area contributed by atoms with Crippen molar-refractivity contribution in [2.75, 3.05) is 26.9 Å². The van der Waals surface area contributed by atoms with Crippen LogP contribution in [0.3, 0.4) is 0 Å². The van der Waals surface area contributed by atoms with Gasteiger partial charge in [0.25, 0.3) is 5.91 Å². The molecule has 1 aromatic carbocycles. The highest BCUT2D eigenvalue weighted by Gasteiger charge is 2.11. The molecule has 0 unspecified atom stereocenters. The molecular weight excluding hydrogens is 274 g/mol. The van der Waals surface area contributed by atoms with E-state index in [-0.39, 0.29) is 12.5 Å². The van der Waals surface area contributed by atoms with Gasteiger partial charge in [-0.05, 0) is 18.2 Å². The van der Waals surface area contributed by atoms with E-state index in [2.05, 4.69) is 15.3 Å². The van der Waals surface area contributed by atoms with Gasteiger partial charge in [-0.3, -0.25) is 14.8 Å². The minimum Gasteiger partial charge on any atom is -0.452 e. The van der Waals surface area contributed by atoms with Gasteiger partial charge in [-0.1, -0.05) is 0 Å². The van der Waals surface area contributed by atoms with Crippen LogP contribution in [-0.2, 0) is 14.3 Å². The SMILES string of the molecule is COCCNC(=O)COC(=O)c1ccc2nccnc2c1. The molecule has 21 heavy (non-hydrogen) atoms. The summed E-state index contributed by atoms with van der Waals surface area (Å²) in [6.45, 7) is 0.447. The molecule has 0 saturated carbocycles. The van der Waals surface area contributed by atoms with Gasteiger partial charge in [0.05, 0.1) is 23.2 Å². The van der Waals surface area contributed by atoms with E-state index in [9.17, 15) is 9.59 Å². The molecule has 1 heterocycles. The number of aromatic nitrogens is 2. The fourth-order valence-electron chi connectivity index (χ4n) is 1.65. The monoisotopic (exact) mass is 289 g/mol. The maximum absolute atomic E-state index is 11.8. The van der Waals surface area contributed by atoms with Crippen LogP contribution in [0.4, 0.5) is 0 Å². The molecule has 7 nitrogen and oxygen atoms in total. The second-order valence-electron chi connectivity index (χ2n) is 4.18. The van der Waals surface area contributed by atoms with Gasteiger partial charge >= 0.3 is 5.97 Å². The van der Waals surface area contributed by atoms with Crippen LogP contribution < -0.4 is 5.32 Å². The molecule has 2 aromatic rings. The highest BCUT2D eigenvalue weighted by Crippen LogP contribution is 2.11. The topological polar surface area (TPSA) is 90.4 Å². The molecule has 7 heteroatoms. The number of hydrogen-bond acceptors (Lipinski definition) is 6. The first-order valence-electron chi connectivity index (χ1n) is 6.34. The molecule has 0 aliphatic carbocycles. The van der Waals surface area contributed by atoms with Crippen molar-refractivity contribution in [3.63, 3.8) is 0 Å². The van der Waals surface area contributed by atoms with E-state index in [4.69, 9.17) is 9.47 Å². The summed E-state index contributed by atoms with van der Waals surface area (Å²) in [6.07, 6.45) is 3.12. The molecular formula is C14H15N3O4. The van der Waals surface area contributed by atoms with E-state index in [0.29, 0.717) is 29.7 Å². The summed E-state index contributed by atoms with van der Waals surface area (Å²) >= 11 is 0. The third-order valence-electron chi connectivity index (χ3n) is 2.67. The normalized spacial score (nSPS) is 10.3. The van der Waals surface area contributed by atoms with Crippen molar-refractivity contribution in [3.8, 4) is 0 Å². The quantitative estimate of drug-likeness (QED) is 0.617. The van der Waals surface area contributed by atoms with Gasteiger partial charge in [0.15, 0.2) is 6.61 Å². The first-order chi connectivity index (χ1) is 10.2. The Hall–Kier alpha value is -2.54. The maximum atomic E-state index is 11.8. The number of fused-ring (bicyclic) bond motifs is 1. The number of amides is 1. The average molecular weight is 289 g/mol. The molecule has 0 bridgehead atoms. The standard InChI is InChI=1S/C14H15N3O4/c1-20-7-6-17-13(18)9-21-14(19)10-2-3-11-12(8-10)16-5-4-15-11/h2-5,8H,6-7,9H2,1H3,(H,17,18). The molecule has 0 spiro atoms. The molecule has 2 rings (SSSR count). The van der Waals surface area contributed by atoms with Crippen molar-refractivity contribution in [1.29, 1.82) is 0 Å². The lowest BCUT2D eigenvalue weighted by Crippen LogP contribution is -2.31. The Balaban J connectivity index is 1.91. The first kappa shape index (κ1) is 14.9. The van der Waals surface area contributed by atoms with Gasteiger partial charge in [-0.2, -0.15) is 0 Å². The van der Waals surface area contributed by atoms with Crippen molar-refractivity contribution in [3.05, 3.63) is 36.2 Å². The Morgan fingerprint density at radius 1 is 1.19 bits per heavy atom. The molecule has 0 radical (unpaired) electrons. The number of methoxy groups -OCH3 is 1. The second-order valence-corrected chi connectivity index (χ2v) is 4.18. The Bertz CT molecular complexity index is 645. The largest absolute Gasteiger partial charge is 0.452 e. The number of benzene rings is 1. The van der Waals surface area contributed by atoms with Crippen LogP contribution in [0.15, 0.2) is 30.6 Å². The number of nitrogens with zero attached hydrogens (tertiary/aromatic N) is 2. The highest BCUT2D eigenvalue weighted by molar-refractivity contribution is 5.94. The van der Waals surface area contributed by atoms with Crippen LogP contribution in [0.2, 0.25) is 0 Å². The van der Waals surface area contributed by atoms with Crippen molar-refractivity contribution < 1.29 is 19.1 Å². The van der Waals surface area contributed by atoms with Gasteiger partial charge in [-0.15, -0.1) is 0 Å². The van der Waals surface area contributed by atoms with Gasteiger partial charge in [0.1, 0.15) is 0 Å². The van der Waals surface area contributed by atoms with E-state index in [0.717, 1.165) is 0 Å². The molecule has 0 atom stereocenters. The molecule has 0 aliphatic rings. The molecule has 0 fully saturated rings. The van der Waals surface area contributed by atoms with Gasteiger partial charge in [0, 0.05) is 26.0 Å². The Morgan fingerprint density at radius 3 is 2.71 bits per heavy atom. The molecule has 1 N–H and O–H groups in total. The summed E-state index contributed by atoms with van der Waals surface area (Å²) in [5.74, 6) is -0.953. The molecule has 1 amide bonds. The van der Waals surface area contributed by atoms with Gasteiger partial charge in [-0.25, -0.2) is 4.79 Å². The lowest BCUT2D eigenvalue weighted by atomic mass is 10.2. The fraction of sp³-hybridized carbons (Fsp3) is 0.286. The summed E-state index contributed by atoms with van der Waals surface area (Å²) in [6, 6.07) is 4.84. The minimum atomic E-state index is -0.579. The zero-order valence-electron chi connectivity index (χ0n) is 11.5. The van der Waals surface area contributed by atoms with E-state index >= 15 is 0 Å². The third kappa shape index (κ3) is 4.22. The number of ether oxygens (including phenoxy) is 2. The van der Waals surface area contributed by atoms with Crippen molar-refractivity contribution in [1.82, 2.24) is 15.3 Å². The Labute approximate surface area is 121 Å². The number of rotatable bonds is 6. The van der Waals surface area contributed by atoms with Crippen LogP contribution in [-0.4, -0.2) is 48.7 Å². The molecule has 110 valence electrons. The van der Waals surface area contributed by atoms with Crippen LogP contribution in [0.1, 0.15) is 10.4 Å². The number of nitrogens with one attached hydrogen (secondary N) is 1. The van der Waals surface area contributed by atoms with Crippen LogP contribution >= 0.6 is 0 Å². The summed E-state index contributed by atoms with van der Waals surface area (Å²) in [7, 11) is 1.54. The Morgan fingerprint density at radius 2 is 1.95 bits per heavy atom. The average Bonchev–Trinajstić information content (AvgIpc) is 2.52. The Kier molecular flexibility index (Phi) is 5.16. The summed E-state index contributed by atoms with van der Waals surface area (Å²) in [5, 5.41) is 2.56. The van der Waals surface area contributed by atoms with Gasteiger partial charge in [0.2, 0.25) is 0 Å². The fourth-order valence-corrected chi connectivity index (χ4v) is 1.65. The molecule has 1 aromatic heterocycles. The van der Waals surface area contributed by atoms with E-state index in [1.54, 1.807) is 30.6 Å². The number of hydrogen-bond donors (Lipinski definition) is 1. The predicted octanol–water partition coefficient (Wildman–Crippen LogP) is 0.549. The van der Waals surface area contributed by atoms with Crippen LogP contribution in [0, 0.1) is 0 Å². The maximum Gasteiger partial charge on any atom is 0.338 e. The predicted molar refractivity (Wildman–Crippen MR) is 74.7 cm³/mol. The van der Waals surface area contributed by atoms with Crippen LogP contribution in [0.5, 0.6) is 0 Å². The van der Waals surface area contributed by atoms with E-state index in [1.807, 2.05) is 0 Å². The van der Waals surface area contributed by atoms with Crippen molar-refractivity contribution >= 4 is 22.9 Å². The van der Waals surface area contributed by atoms with E-state index < -0.39 is 5.97 Å². The summed E-state index contributed by atoms with van der Waals surface area (Å²) in [4.78, 5) is 31.5. The summed E-state index contributed by atoms with van der Waals surface area (Å²) < 4.78 is 9.72. The minimum absolute atomic E-state index is 0.327. The molecule has 0 aliphatic heterocycles. The van der Waals surface area contributed by atoms with Gasteiger partial charge < -0.3 is 14.8 Å². The zero-order valence-corrected chi connectivity index (χ0v) is 11.5. The van der Waals surface area contributed by atoms with E-state index in [1.165, 1.54) is 7.11 Å². The lowest BCUT2D eigenvalue weighted by molar-refractivity contribution is -0.124. The molecule has 0 saturated heterocycles. The second kappa shape index (κ2) is 7.30. The highest BCUT2D eigenvalue weighted by atomic mass is 16.5. The summed E-state index contributed by atoms with van der Waals surface area (Å²) in [5.41, 5.74) is 1.61. The number of carbonyl (C=O) groups excluding carboxylic acids is 2. The number of esters is 1. The lowest BCUT2D eigenvalue weighted by Gasteiger charge is -2.06. The third-order valence-corrected chi connectivity index (χ3v) is 2.67. The van der Waals surface area contributed by atoms with Crippen molar-refractivity contribution in [2.45, 2.75) is 0 Å². The zero-order chi connectivity index (χ0) is 15.1. The number of carbonyl (C=O) groups is 2. The smallest absolute Gasteiger partial charge is 0.338 e. The van der Waals surface area contributed by atoms with Crippen LogP contribution in [0.25, 0.3) is 11.0 Å².